The lowest BCUT2D eigenvalue weighted by atomic mass is 10.1. The van der Waals surface area contributed by atoms with E-state index in [0.717, 1.165) is 15.6 Å². The summed E-state index contributed by atoms with van der Waals surface area (Å²) in [6.07, 6.45) is 0. The molecule has 0 spiro atoms. The molecule has 0 bridgehead atoms. The minimum absolute atomic E-state index is 0.0325. The SMILES string of the molecule is Cc1cc2[nH]c(=O)c(=O)[nH]c2cc1S(=O)(=O)Nc1ccc(-c2cccc(Br)c2)c(Cl)c1. The van der Waals surface area contributed by atoms with Gasteiger partial charge in [0.25, 0.3) is 10.0 Å². The van der Waals surface area contributed by atoms with Crippen LogP contribution >= 0.6 is 27.5 Å². The molecule has 0 aliphatic carbocycles. The fourth-order valence-corrected chi connectivity index (χ4v) is 5.21. The maximum absolute atomic E-state index is 13.0. The Hall–Kier alpha value is -2.88. The van der Waals surface area contributed by atoms with Crippen molar-refractivity contribution < 1.29 is 8.42 Å². The van der Waals surface area contributed by atoms with Gasteiger partial charge < -0.3 is 9.97 Å². The third-order valence-electron chi connectivity index (χ3n) is 4.66. The van der Waals surface area contributed by atoms with Gasteiger partial charge in [-0.3, -0.25) is 14.3 Å². The molecule has 3 aromatic carbocycles. The normalized spacial score (nSPS) is 11.6. The van der Waals surface area contributed by atoms with Gasteiger partial charge in [0.2, 0.25) is 0 Å². The monoisotopic (exact) mass is 519 g/mol. The van der Waals surface area contributed by atoms with Crippen LogP contribution in [0.3, 0.4) is 0 Å². The van der Waals surface area contributed by atoms with Crippen molar-refractivity contribution in [1.29, 1.82) is 0 Å². The minimum atomic E-state index is -3.99. The van der Waals surface area contributed by atoms with Gasteiger partial charge in [-0.05, 0) is 54.4 Å². The maximum Gasteiger partial charge on any atom is 0.314 e. The first-order chi connectivity index (χ1) is 14.6. The Bertz CT molecular complexity index is 1560. The van der Waals surface area contributed by atoms with E-state index >= 15 is 0 Å². The number of aryl methyl sites for hydroxylation is 1. The highest BCUT2D eigenvalue weighted by Crippen LogP contribution is 2.32. The van der Waals surface area contributed by atoms with Crippen LogP contribution in [0.25, 0.3) is 22.2 Å². The van der Waals surface area contributed by atoms with E-state index in [1.165, 1.54) is 18.2 Å². The molecule has 1 heterocycles. The van der Waals surface area contributed by atoms with Crippen LogP contribution in [0.2, 0.25) is 5.02 Å². The van der Waals surface area contributed by atoms with Gasteiger partial charge in [-0.2, -0.15) is 0 Å². The van der Waals surface area contributed by atoms with Crippen LogP contribution in [0, 0.1) is 6.92 Å². The van der Waals surface area contributed by atoms with Crippen LogP contribution in [0.15, 0.2) is 73.6 Å². The van der Waals surface area contributed by atoms with Gasteiger partial charge in [0.05, 0.1) is 26.6 Å². The highest BCUT2D eigenvalue weighted by Gasteiger charge is 2.19. The number of hydrogen-bond donors (Lipinski definition) is 3. The van der Waals surface area contributed by atoms with Crippen LogP contribution in [-0.2, 0) is 10.0 Å². The summed E-state index contributed by atoms with van der Waals surface area (Å²) in [6.45, 7) is 1.60. The van der Waals surface area contributed by atoms with Crippen LogP contribution in [-0.4, -0.2) is 18.4 Å². The molecular formula is C21H15BrClN3O4S. The average molecular weight is 521 g/mol. The van der Waals surface area contributed by atoms with Gasteiger partial charge in [-0.15, -0.1) is 0 Å². The molecule has 0 saturated carbocycles. The molecule has 10 heteroatoms. The number of nitrogens with one attached hydrogen (secondary N) is 3. The molecule has 0 aliphatic rings. The van der Waals surface area contributed by atoms with Crippen LogP contribution in [0.1, 0.15) is 5.56 Å². The van der Waals surface area contributed by atoms with Gasteiger partial charge in [-0.25, -0.2) is 8.42 Å². The summed E-state index contributed by atoms with van der Waals surface area (Å²) < 4.78 is 29.4. The lowest BCUT2D eigenvalue weighted by Gasteiger charge is -2.13. The lowest BCUT2D eigenvalue weighted by Crippen LogP contribution is -2.29. The molecule has 1 aromatic heterocycles. The molecule has 31 heavy (non-hydrogen) atoms. The number of benzene rings is 3. The third kappa shape index (κ3) is 4.30. The summed E-state index contributed by atoms with van der Waals surface area (Å²) in [6, 6.07) is 15.3. The quantitative estimate of drug-likeness (QED) is 0.346. The second-order valence-corrected chi connectivity index (χ2v) is 9.86. The van der Waals surface area contributed by atoms with E-state index in [4.69, 9.17) is 11.6 Å². The predicted octanol–water partition coefficient (Wildman–Crippen LogP) is 4.41. The number of anilines is 1. The zero-order valence-electron chi connectivity index (χ0n) is 16.0. The molecule has 0 unspecified atom stereocenters. The summed E-state index contributed by atoms with van der Waals surface area (Å²) in [5.41, 5.74) is 1.22. The van der Waals surface area contributed by atoms with Crippen LogP contribution < -0.4 is 15.8 Å². The fraction of sp³-hybridized carbons (Fsp3) is 0.0476. The molecule has 0 aliphatic heterocycles. The Morgan fingerprint density at radius 1 is 0.935 bits per heavy atom. The molecule has 0 radical (unpaired) electrons. The van der Waals surface area contributed by atoms with Gasteiger partial charge in [-0.1, -0.05) is 45.7 Å². The third-order valence-corrected chi connectivity index (χ3v) is 6.99. The summed E-state index contributed by atoms with van der Waals surface area (Å²) in [5.74, 6) is 0. The first kappa shape index (κ1) is 21.4. The number of sulfonamides is 1. The van der Waals surface area contributed by atoms with Crippen molar-refractivity contribution in [2.24, 2.45) is 0 Å². The summed E-state index contributed by atoms with van der Waals surface area (Å²) in [7, 11) is -3.99. The maximum atomic E-state index is 13.0. The van der Waals surface area contributed by atoms with Crippen molar-refractivity contribution >= 4 is 54.3 Å². The predicted molar refractivity (Wildman–Crippen MR) is 125 cm³/mol. The van der Waals surface area contributed by atoms with Crippen LogP contribution in [0.4, 0.5) is 5.69 Å². The average Bonchev–Trinajstić information content (AvgIpc) is 2.68. The van der Waals surface area contributed by atoms with E-state index in [0.29, 0.717) is 21.8 Å². The second-order valence-electron chi connectivity index (χ2n) is 6.88. The number of aromatic nitrogens is 2. The van der Waals surface area contributed by atoms with Gasteiger partial charge in [0, 0.05) is 10.0 Å². The topological polar surface area (TPSA) is 112 Å². The van der Waals surface area contributed by atoms with E-state index in [1.807, 2.05) is 24.3 Å². The van der Waals surface area contributed by atoms with Crippen molar-refractivity contribution in [3.8, 4) is 11.1 Å². The first-order valence-corrected chi connectivity index (χ1v) is 11.6. The second kappa shape index (κ2) is 7.99. The molecule has 0 fully saturated rings. The highest BCUT2D eigenvalue weighted by molar-refractivity contribution is 9.10. The van der Waals surface area contributed by atoms with Crippen LogP contribution in [0.5, 0.6) is 0 Å². The van der Waals surface area contributed by atoms with E-state index in [9.17, 15) is 18.0 Å². The fourth-order valence-electron chi connectivity index (χ4n) is 3.22. The lowest BCUT2D eigenvalue weighted by molar-refractivity contribution is 0.600. The number of rotatable bonds is 4. The van der Waals surface area contributed by atoms with Gasteiger partial charge >= 0.3 is 11.1 Å². The Morgan fingerprint density at radius 3 is 2.26 bits per heavy atom. The number of aromatic amines is 2. The first-order valence-electron chi connectivity index (χ1n) is 8.99. The van der Waals surface area contributed by atoms with Crippen molar-refractivity contribution in [2.75, 3.05) is 4.72 Å². The summed E-state index contributed by atoms with van der Waals surface area (Å²) in [5, 5.41) is 0.385. The number of fused-ring (bicyclic) bond motifs is 1. The molecule has 4 aromatic rings. The molecule has 0 atom stereocenters. The van der Waals surface area contributed by atoms with Gasteiger partial charge in [0.15, 0.2) is 0 Å². The van der Waals surface area contributed by atoms with E-state index in [-0.39, 0.29) is 10.4 Å². The standard InChI is InChI=1S/C21H15BrClN3O4S/c1-11-7-17-18(25-21(28)20(27)24-17)10-19(11)31(29,30)26-14-5-6-15(16(23)9-14)12-3-2-4-13(22)8-12/h2-10,26H,1H3,(H,24,27)(H,25,28). The molecule has 0 saturated heterocycles. The molecule has 158 valence electrons. The number of hydrogen-bond acceptors (Lipinski definition) is 4. The molecule has 3 N–H and O–H groups in total. The Balaban J connectivity index is 1.71. The largest absolute Gasteiger partial charge is 0.316 e. The van der Waals surface area contributed by atoms with E-state index < -0.39 is 21.1 Å². The zero-order chi connectivity index (χ0) is 22.3. The number of H-pyrrole nitrogens is 2. The van der Waals surface area contributed by atoms with Gasteiger partial charge in [0.1, 0.15) is 0 Å². The molecule has 7 nitrogen and oxygen atoms in total. The van der Waals surface area contributed by atoms with Crippen molar-refractivity contribution in [3.63, 3.8) is 0 Å². The zero-order valence-corrected chi connectivity index (χ0v) is 19.2. The minimum Gasteiger partial charge on any atom is -0.316 e. The number of halogens is 2. The smallest absolute Gasteiger partial charge is 0.314 e. The Kier molecular flexibility index (Phi) is 5.50. The van der Waals surface area contributed by atoms with E-state index in [1.54, 1.807) is 19.1 Å². The molecular weight excluding hydrogens is 506 g/mol. The van der Waals surface area contributed by atoms with Crippen molar-refractivity contribution in [1.82, 2.24) is 9.97 Å². The molecule has 0 amide bonds. The Labute approximate surface area is 190 Å². The van der Waals surface area contributed by atoms with E-state index in [2.05, 4.69) is 30.6 Å². The molecule has 4 rings (SSSR count). The Morgan fingerprint density at radius 2 is 1.61 bits per heavy atom. The highest BCUT2D eigenvalue weighted by atomic mass is 79.9. The summed E-state index contributed by atoms with van der Waals surface area (Å²) in [4.78, 5) is 27.9. The van der Waals surface area contributed by atoms with Crippen molar-refractivity contribution in [3.05, 3.63) is 90.4 Å². The van der Waals surface area contributed by atoms with Crippen molar-refractivity contribution in [2.45, 2.75) is 11.8 Å². The summed E-state index contributed by atoms with van der Waals surface area (Å²) >= 11 is 9.83.